The highest BCUT2D eigenvalue weighted by Crippen LogP contribution is 1.98. The lowest BCUT2D eigenvalue weighted by Crippen LogP contribution is -1.78. The molecular weight excluding hydrogens is 124 g/mol. The summed E-state index contributed by atoms with van der Waals surface area (Å²) in [5, 5.41) is 0. The van der Waals surface area contributed by atoms with Crippen LogP contribution < -0.4 is 0 Å². The van der Waals surface area contributed by atoms with E-state index < -0.39 is 0 Å². The van der Waals surface area contributed by atoms with Gasteiger partial charge >= 0.3 is 0 Å². The topological polar surface area (TPSA) is 17.1 Å². The molecule has 0 spiro atoms. The molecule has 0 aromatic heterocycles. The van der Waals surface area contributed by atoms with Crippen molar-refractivity contribution < 1.29 is 4.79 Å². The van der Waals surface area contributed by atoms with Crippen molar-refractivity contribution >= 4 is 17.9 Å². The molecule has 0 rings (SSSR count). The van der Waals surface area contributed by atoms with Gasteiger partial charge in [-0.1, -0.05) is 6.42 Å². The van der Waals surface area contributed by atoms with Crippen molar-refractivity contribution in [1.82, 2.24) is 0 Å². The van der Waals surface area contributed by atoms with E-state index in [1.54, 1.807) is 0 Å². The molecule has 0 amide bonds. The van der Waals surface area contributed by atoms with Crippen LogP contribution >= 0.6 is 11.6 Å². The Labute approximate surface area is 55.0 Å². The molecule has 0 aromatic rings. The van der Waals surface area contributed by atoms with Gasteiger partial charge in [0, 0.05) is 12.3 Å². The van der Waals surface area contributed by atoms with Gasteiger partial charge in [-0.3, -0.25) is 4.79 Å². The van der Waals surface area contributed by atoms with E-state index >= 15 is 0 Å². The number of alkyl halides is 1. The van der Waals surface area contributed by atoms with Crippen LogP contribution in [0.1, 0.15) is 25.7 Å². The molecule has 0 aliphatic heterocycles. The zero-order chi connectivity index (χ0) is 6.24. The van der Waals surface area contributed by atoms with Crippen molar-refractivity contribution in [1.29, 1.82) is 0 Å². The van der Waals surface area contributed by atoms with Crippen molar-refractivity contribution in [3.63, 3.8) is 0 Å². The molecule has 0 fully saturated rings. The summed E-state index contributed by atoms with van der Waals surface area (Å²) in [7, 11) is 0. The predicted molar refractivity (Wildman–Crippen MR) is 34.9 cm³/mol. The average molecular weight is 134 g/mol. The third-order valence-corrected chi connectivity index (χ3v) is 1.18. The summed E-state index contributed by atoms with van der Waals surface area (Å²) in [4.78, 5) is 9.61. The number of rotatable bonds is 5. The first-order valence-corrected chi connectivity index (χ1v) is 3.36. The smallest absolute Gasteiger partial charge is 0.198 e. The molecule has 8 heavy (non-hydrogen) atoms. The van der Waals surface area contributed by atoms with Crippen LogP contribution in [0.5, 0.6) is 0 Å². The van der Waals surface area contributed by atoms with E-state index in [1.165, 1.54) is 0 Å². The fraction of sp³-hybridized carbons (Fsp3) is 0.833. The number of carbonyl (C=O) groups excluding carboxylic acids is 1. The lowest BCUT2D eigenvalue weighted by atomic mass is 10.2. The first-order valence-electron chi connectivity index (χ1n) is 2.82. The molecule has 0 aliphatic carbocycles. The molecule has 0 saturated heterocycles. The van der Waals surface area contributed by atoms with Gasteiger partial charge in [0.05, 0.1) is 0 Å². The van der Waals surface area contributed by atoms with Crippen LogP contribution in [-0.4, -0.2) is 12.2 Å². The second kappa shape index (κ2) is 6.96. The van der Waals surface area contributed by atoms with E-state index in [0.717, 1.165) is 19.3 Å². The summed E-state index contributed by atoms with van der Waals surface area (Å²) < 4.78 is 0. The molecular formula is C6H10ClO. The minimum absolute atomic E-state index is 0.566. The Hall–Kier alpha value is -0.0400. The van der Waals surface area contributed by atoms with E-state index in [0.29, 0.717) is 12.3 Å². The Morgan fingerprint density at radius 1 is 1.25 bits per heavy atom. The highest BCUT2D eigenvalue weighted by molar-refractivity contribution is 6.17. The summed E-state index contributed by atoms with van der Waals surface area (Å²) in [6.45, 7) is 0. The third-order valence-electron chi connectivity index (χ3n) is 0.912. The molecule has 0 aliphatic rings. The Morgan fingerprint density at radius 2 is 2.00 bits per heavy atom. The van der Waals surface area contributed by atoms with Gasteiger partial charge in [-0.25, -0.2) is 0 Å². The summed E-state index contributed by atoms with van der Waals surface area (Å²) >= 11 is 5.38. The monoisotopic (exact) mass is 133 g/mol. The minimum atomic E-state index is 0.566. The quantitative estimate of drug-likeness (QED) is 0.414. The van der Waals surface area contributed by atoms with Gasteiger partial charge in [-0.05, 0) is 12.8 Å². The number of hydrogen-bond donors (Lipinski definition) is 0. The van der Waals surface area contributed by atoms with Gasteiger partial charge in [-0.15, -0.1) is 11.6 Å². The third kappa shape index (κ3) is 5.96. The maximum absolute atomic E-state index is 9.61. The Balaban J connectivity index is 2.62. The van der Waals surface area contributed by atoms with Crippen LogP contribution in [0.4, 0.5) is 0 Å². The highest BCUT2D eigenvalue weighted by atomic mass is 35.5. The van der Waals surface area contributed by atoms with E-state index in [2.05, 4.69) is 0 Å². The lowest BCUT2D eigenvalue weighted by molar-refractivity contribution is 0.546. The molecule has 0 saturated carbocycles. The zero-order valence-corrected chi connectivity index (χ0v) is 5.58. The second-order valence-electron chi connectivity index (χ2n) is 1.64. The van der Waals surface area contributed by atoms with Crippen molar-refractivity contribution in [2.45, 2.75) is 25.7 Å². The molecule has 0 unspecified atom stereocenters. The summed E-state index contributed by atoms with van der Waals surface area (Å²) in [6.07, 6.45) is 5.41. The SMILES string of the molecule is O=[C]CCCCCCl. The second-order valence-corrected chi connectivity index (χ2v) is 2.02. The van der Waals surface area contributed by atoms with E-state index in [4.69, 9.17) is 11.6 Å². The molecule has 1 nitrogen and oxygen atoms in total. The van der Waals surface area contributed by atoms with Crippen LogP contribution in [-0.2, 0) is 4.79 Å². The summed E-state index contributed by atoms with van der Waals surface area (Å²) in [5.74, 6) is 0.707. The number of hydrogen-bond acceptors (Lipinski definition) is 1. The highest BCUT2D eigenvalue weighted by Gasteiger charge is 1.85. The number of unbranched alkanes of at least 4 members (excludes halogenated alkanes) is 3. The maximum atomic E-state index is 9.61. The van der Waals surface area contributed by atoms with Crippen LogP contribution in [0.15, 0.2) is 0 Å². The predicted octanol–water partition coefficient (Wildman–Crippen LogP) is 1.90. The lowest BCUT2D eigenvalue weighted by Gasteiger charge is -1.88. The van der Waals surface area contributed by atoms with E-state index in [1.807, 2.05) is 6.29 Å². The maximum Gasteiger partial charge on any atom is 0.198 e. The Kier molecular flexibility index (Phi) is 6.93. The molecule has 2 heteroatoms. The largest absolute Gasteiger partial charge is 0.291 e. The van der Waals surface area contributed by atoms with Crippen molar-refractivity contribution in [2.75, 3.05) is 5.88 Å². The normalized spacial score (nSPS) is 9.12. The van der Waals surface area contributed by atoms with Gasteiger partial charge in [0.1, 0.15) is 0 Å². The van der Waals surface area contributed by atoms with Gasteiger partial charge in [0.2, 0.25) is 0 Å². The van der Waals surface area contributed by atoms with Gasteiger partial charge in [-0.2, -0.15) is 0 Å². The van der Waals surface area contributed by atoms with Crippen LogP contribution in [0.2, 0.25) is 0 Å². The fourth-order valence-corrected chi connectivity index (χ4v) is 0.657. The van der Waals surface area contributed by atoms with E-state index in [-0.39, 0.29) is 0 Å². The first kappa shape index (κ1) is 7.96. The summed E-state index contributed by atoms with van der Waals surface area (Å²) in [6, 6.07) is 0. The zero-order valence-electron chi connectivity index (χ0n) is 4.82. The molecule has 0 bridgehead atoms. The van der Waals surface area contributed by atoms with Crippen LogP contribution in [0, 0.1) is 0 Å². The molecule has 0 aromatic carbocycles. The van der Waals surface area contributed by atoms with Crippen LogP contribution in [0.3, 0.4) is 0 Å². The number of halogens is 1. The standard InChI is InChI=1S/C6H10ClO/c7-5-3-1-2-4-6-8/h1-5H2. The van der Waals surface area contributed by atoms with Crippen molar-refractivity contribution in [3.8, 4) is 0 Å². The van der Waals surface area contributed by atoms with E-state index in [9.17, 15) is 4.79 Å². The van der Waals surface area contributed by atoms with Crippen molar-refractivity contribution in [3.05, 3.63) is 0 Å². The molecule has 0 atom stereocenters. The Bertz CT molecular complexity index is 54.5. The molecule has 47 valence electrons. The fourth-order valence-electron chi connectivity index (χ4n) is 0.468. The van der Waals surface area contributed by atoms with Gasteiger partial charge < -0.3 is 0 Å². The first-order chi connectivity index (χ1) is 3.91. The Morgan fingerprint density at radius 3 is 2.50 bits per heavy atom. The van der Waals surface area contributed by atoms with Crippen molar-refractivity contribution in [2.24, 2.45) is 0 Å². The molecule has 1 radical (unpaired) electrons. The minimum Gasteiger partial charge on any atom is -0.291 e. The molecule has 0 N–H and O–H groups in total. The molecule has 0 heterocycles. The summed E-state index contributed by atoms with van der Waals surface area (Å²) in [5.41, 5.74) is 0. The average Bonchev–Trinajstić information content (AvgIpc) is 1.81. The van der Waals surface area contributed by atoms with Gasteiger partial charge in [0.15, 0.2) is 6.29 Å². The van der Waals surface area contributed by atoms with Crippen LogP contribution in [0.25, 0.3) is 0 Å². The van der Waals surface area contributed by atoms with Gasteiger partial charge in [0.25, 0.3) is 0 Å².